The summed E-state index contributed by atoms with van der Waals surface area (Å²) in [4.78, 5) is 52.4. The lowest BCUT2D eigenvalue weighted by Gasteiger charge is -2.49. The van der Waals surface area contributed by atoms with Crippen LogP contribution in [-0.4, -0.2) is 54.1 Å². The van der Waals surface area contributed by atoms with Gasteiger partial charge >= 0.3 is 11.9 Å². The lowest BCUT2D eigenvalue weighted by atomic mass is 9.97. The molecular formula is C30H26N2O7. The van der Waals surface area contributed by atoms with Crippen molar-refractivity contribution in [1.82, 2.24) is 10.2 Å². The Morgan fingerprint density at radius 3 is 2.05 bits per heavy atom. The average Bonchev–Trinajstić information content (AvgIpc) is 2.98. The van der Waals surface area contributed by atoms with Gasteiger partial charge in [0, 0.05) is 18.1 Å². The first-order valence-electron chi connectivity index (χ1n) is 12.4. The molecule has 2 amide bonds. The van der Waals surface area contributed by atoms with E-state index in [1.807, 2.05) is 60.7 Å². The number of amides is 2. The quantitative estimate of drug-likeness (QED) is 0.355. The van der Waals surface area contributed by atoms with Gasteiger partial charge < -0.3 is 19.5 Å². The van der Waals surface area contributed by atoms with Crippen molar-refractivity contribution in [3.05, 3.63) is 119 Å². The van der Waals surface area contributed by atoms with Crippen LogP contribution in [0.3, 0.4) is 0 Å². The summed E-state index contributed by atoms with van der Waals surface area (Å²) in [5.74, 6) is -2.30. The Labute approximate surface area is 225 Å². The molecule has 39 heavy (non-hydrogen) atoms. The van der Waals surface area contributed by atoms with Crippen molar-refractivity contribution in [1.29, 1.82) is 0 Å². The fourth-order valence-corrected chi connectivity index (χ4v) is 4.53. The Balaban J connectivity index is 1.43. The molecule has 0 aromatic heterocycles. The largest absolute Gasteiger partial charge is 0.461 e. The van der Waals surface area contributed by atoms with Crippen LogP contribution in [-0.2, 0) is 28.6 Å². The van der Waals surface area contributed by atoms with Gasteiger partial charge in [0.2, 0.25) is 0 Å². The molecule has 1 N–H and O–H groups in total. The second-order valence-corrected chi connectivity index (χ2v) is 9.07. The summed E-state index contributed by atoms with van der Waals surface area (Å²) < 4.78 is 17.0. The molecule has 2 atom stereocenters. The summed E-state index contributed by atoms with van der Waals surface area (Å²) in [5, 5.41) is 2.68. The zero-order valence-corrected chi connectivity index (χ0v) is 21.1. The van der Waals surface area contributed by atoms with E-state index >= 15 is 0 Å². The van der Waals surface area contributed by atoms with Gasteiger partial charge in [-0.2, -0.15) is 0 Å². The fourth-order valence-electron chi connectivity index (χ4n) is 4.53. The fraction of sp³-hybridized carbons (Fsp3) is 0.200. The molecule has 1 saturated heterocycles. The Hall–Kier alpha value is -4.76. The SMILES string of the molecule is CC(=O)OCC1=C(C(=O)OC(c2ccccc2)c2ccccc2)N2C(=O)[C@H](NC(=O)c3ccccc3)[C@H]2OC1. The zero-order valence-electron chi connectivity index (χ0n) is 21.1. The normalized spacial score (nSPS) is 18.2. The number of carbonyl (C=O) groups is 4. The number of esters is 2. The van der Waals surface area contributed by atoms with Gasteiger partial charge in [0.05, 0.1) is 6.61 Å². The Kier molecular flexibility index (Phi) is 7.51. The smallest absolute Gasteiger partial charge is 0.356 e. The van der Waals surface area contributed by atoms with E-state index < -0.39 is 42.1 Å². The van der Waals surface area contributed by atoms with Crippen molar-refractivity contribution in [2.45, 2.75) is 25.3 Å². The average molecular weight is 527 g/mol. The highest BCUT2D eigenvalue weighted by Gasteiger charge is 2.55. The van der Waals surface area contributed by atoms with E-state index in [1.165, 1.54) is 6.92 Å². The number of ether oxygens (including phenoxy) is 3. The molecule has 3 aromatic rings. The van der Waals surface area contributed by atoms with Gasteiger partial charge in [-0.3, -0.25) is 19.3 Å². The van der Waals surface area contributed by atoms with Crippen molar-refractivity contribution < 1.29 is 33.4 Å². The van der Waals surface area contributed by atoms with Gasteiger partial charge in [-0.05, 0) is 23.3 Å². The molecule has 1 fully saturated rings. The van der Waals surface area contributed by atoms with Crippen molar-refractivity contribution in [3.8, 4) is 0 Å². The van der Waals surface area contributed by atoms with E-state index in [0.29, 0.717) is 5.56 Å². The van der Waals surface area contributed by atoms with Crippen molar-refractivity contribution in [2.24, 2.45) is 0 Å². The number of hydrogen-bond acceptors (Lipinski definition) is 7. The molecule has 0 saturated carbocycles. The number of nitrogens with one attached hydrogen (secondary N) is 1. The van der Waals surface area contributed by atoms with Crippen LogP contribution in [0.2, 0.25) is 0 Å². The molecule has 2 heterocycles. The summed E-state index contributed by atoms with van der Waals surface area (Å²) in [7, 11) is 0. The predicted octanol–water partition coefficient (Wildman–Crippen LogP) is 3.13. The molecule has 0 spiro atoms. The van der Waals surface area contributed by atoms with Crippen LogP contribution in [0.5, 0.6) is 0 Å². The third-order valence-corrected chi connectivity index (χ3v) is 6.44. The minimum atomic E-state index is -0.991. The summed E-state index contributed by atoms with van der Waals surface area (Å²) in [6, 6.07) is 25.9. The van der Waals surface area contributed by atoms with Crippen LogP contribution < -0.4 is 5.32 Å². The van der Waals surface area contributed by atoms with Gasteiger partial charge in [-0.25, -0.2) is 4.79 Å². The Morgan fingerprint density at radius 1 is 0.923 bits per heavy atom. The second-order valence-electron chi connectivity index (χ2n) is 9.07. The molecule has 0 aliphatic carbocycles. The second kappa shape index (κ2) is 11.3. The van der Waals surface area contributed by atoms with Crippen molar-refractivity contribution >= 4 is 23.8 Å². The van der Waals surface area contributed by atoms with Crippen LogP contribution in [0, 0.1) is 0 Å². The highest BCUT2D eigenvalue weighted by Crippen LogP contribution is 2.36. The van der Waals surface area contributed by atoms with E-state index in [4.69, 9.17) is 14.2 Å². The third kappa shape index (κ3) is 5.44. The minimum Gasteiger partial charge on any atom is -0.461 e. The molecule has 0 bridgehead atoms. The third-order valence-electron chi connectivity index (χ3n) is 6.44. The number of β-lactam (4-membered cyclic amide) rings is 1. The van der Waals surface area contributed by atoms with Crippen LogP contribution >= 0.6 is 0 Å². The van der Waals surface area contributed by atoms with E-state index in [-0.39, 0.29) is 24.5 Å². The molecule has 0 unspecified atom stereocenters. The lowest BCUT2D eigenvalue weighted by molar-refractivity contribution is -0.185. The standard InChI is InChI=1S/C30H26N2O7/c1-19(33)37-17-23-18-38-29-24(31-27(34)22-15-9-4-10-16-22)28(35)32(29)25(23)30(36)39-26(20-11-5-2-6-12-20)21-13-7-3-8-14-21/h2-16,24,26,29H,17-18H2,1H3,(H,31,34)/t24-,29+/m0/s1. The van der Waals surface area contributed by atoms with Gasteiger partial charge in [0.15, 0.2) is 18.4 Å². The number of nitrogens with zero attached hydrogens (tertiary/aromatic N) is 1. The number of carbonyl (C=O) groups excluding carboxylic acids is 4. The number of benzene rings is 3. The van der Waals surface area contributed by atoms with E-state index in [0.717, 1.165) is 16.0 Å². The maximum atomic E-state index is 13.7. The number of fused-ring (bicyclic) bond motifs is 1. The summed E-state index contributed by atoms with van der Waals surface area (Å²) in [6.07, 6.45) is -1.67. The van der Waals surface area contributed by atoms with Gasteiger partial charge in [0.1, 0.15) is 12.3 Å². The van der Waals surface area contributed by atoms with Crippen LogP contribution in [0.1, 0.15) is 34.5 Å². The van der Waals surface area contributed by atoms with E-state index in [2.05, 4.69) is 5.32 Å². The zero-order chi connectivity index (χ0) is 27.4. The summed E-state index contributed by atoms with van der Waals surface area (Å²) in [5.41, 5.74) is 2.10. The molecule has 2 aliphatic rings. The maximum Gasteiger partial charge on any atom is 0.356 e. The molecule has 0 radical (unpaired) electrons. The highest BCUT2D eigenvalue weighted by molar-refractivity contribution is 6.04. The van der Waals surface area contributed by atoms with Gasteiger partial charge in [-0.15, -0.1) is 0 Å². The van der Waals surface area contributed by atoms with E-state index in [9.17, 15) is 19.2 Å². The monoisotopic (exact) mass is 526 g/mol. The molecular weight excluding hydrogens is 500 g/mol. The highest BCUT2D eigenvalue weighted by atomic mass is 16.6. The summed E-state index contributed by atoms with van der Waals surface area (Å²) in [6.45, 7) is 0.902. The molecule has 3 aromatic carbocycles. The number of rotatable bonds is 8. The Bertz CT molecular complexity index is 1370. The van der Waals surface area contributed by atoms with Crippen molar-refractivity contribution in [2.75, 3.05) is 13.2 Å². The molecule has 9 heteroatoms. The van der Waals surface area contributed by atoms with Gasteiger partial charge in [0.25, 0.3) is 11.8 Å². The molecule has 9 nitrogen and oxygen atoms in total. The predicted molar refractivity (Wildman–Crippen MR) is 139 cm³/mol. The first-order valence-corrected chi connectivity index (χ1v) is 12.4. The Morgan fingerprint density at radius 2 is 1.49 bits per heavy atom. The summed E-state index contributed by atoms with van der Waals surface area (Å²) >= 11 is 0. The van der Waals surface area contributed by atoms with Crippen LogP contribution in [0.25, 0.3) is 0 Å². The topological polar surface area (TPSA) is 111 Å². The first kappa shape index (κ1) is 25.9. The molecule has 2 aliphatic heterocycles. The van der Waals surface area contributed by atoms with E-state index in [1.54, 1.807) is 30.3 Å². The van der Waals surface area contributed by atoms with Crippen LogP contribution in [0.15, 0.2) is 102 Å². The first-order chi connectivity index (χ1) is 18.9. The number of hydrogen-bond donors (Lipinski definition) is 1. The van der Waals surface area contributed by atoms with Crippen molar-refractivity contribution in [3.63, 3.8) is 0 Å². The molecule has 198 valence electrons. The van der Waals surface area contributed by atoms with Gasteiger partial charge in [-0.1, -0.05) is 78.9 Å². The lowest BCUT2D eigenvalue weighted by Crippen LogP contribution is -2.73. The molecule has 5 rings (SSSR count). The maximum absolute atomic E-state index is 13.7. The minimum absolute atomic E-state index is 0.0560. The van der Waals surface area contributed by atoms with Crippen LogP contribution in [0.4, 0.5) is 0 Å².